The fraction of sp³-hybridized carbons (Fsp3) is 0.300. The molecule has 0 atom stereocenters. The summed E-state index contributed by atoms with van der Waals surface area (Å²) in [4.78, 5) is 44.9. The van der Waals surface area contributed by atoms with Crippen molar-refractivity contribution in [2.45, 2.75) is 0 Å². The molecule has 0 aliphatic rings. The number of ether oxygens (including phenoxy) is 2. The molecule has 0 aliphatic heterocycles. The van der Waals surface area contributed by atoms with Gasteiger partial charge < -0.3 is 19.3 Å². The van der Waals surface area contributed by atoms with Crippen molar-refractivity contribution in [1.82, 2.24) is 19.8 Å². The number of pyridine rings is 2. The Morgan fingerprint density at radius 2 is 1.16 bits per heavy atom. The Labute approximate surface area is 195 Å². The fourth-order valence-electron chi connectivity index (χ4n) is 2.44. The van der Waals surface area contributed by atoms with Crippen molar-refractivity contribution in [1.29, 1.82) is 0 Å². The molecule has 0 spiro atoms. The molecule has 0 aromatic carbocycles. The predicted octanol–water partition coefficient (Wildman–Crippen LogP) is 3.47. The highest BCUT2D eigenvalue weighted by Crippen LogP contribution is 2.40. The molecule has 2 heterocycles. The fourth-order valence-corrected chi connectivity index (χ4v) is 3.06. The molecular formula is C20H22Cl2N6O4. The molecule has 0 saturated heterocycles. The summed E-state index contributed by atoms with van der Waals surface area (Å²) < 4.78 is 9.68. The molecule has 0 aliphatic carbocycles. The zero-order valence-corrected chi connectivity index (χ0v) is 19.9. The lowest BCUT2D eigenvalue weighted by molar-refractivity contribution is 0.0592. The molecule has 0 bridgehead atoms. The van der Waals surface area contributed by atoms with Gasteiger partial charge in [-0.2, -0.15) is 0 Å². The van der Waals surface area contributed by atoms with Crippen LogP contribution in [0.15, 0.2) is 22.4 Å². The largest absolute Gasteiger partial charge is 0.465 e. The maximum atomic E-state index is 12.4. The quantitative estimate of drug-likeness (QED) is 0.336. The molecule has 0 fully saturated rings. The average Bonchev–Trinajstić information content (AvgIpc) is 2.75. The summed E-state index contributed by atoms with van der Waals surface area (Å²) in [6.07, 6.45) is 5.69. The van der Waals surface area contributed by atoms with Gasteiger partial charge in [0, 0.05) is 51.7 Å². The van der Waals surface area contributed by atoms with Crippen LogP contribution in [0.3, 0.4) is 0 Å². The number of rotatable bonds is 7. The molecule has 0 saturated carbocycles. The van der Waals surface area contributed by atoms with Gasteiger partial charge in [-0.25, -0.2) is 29.5 Å². The predicted molar refractivity (Wildman–Crippen MR) is 124 cm³/mol. The summed E-state index contributed by atoms with van der Waals surface area (Å²) in [5, 5.41) is -0.0244. The number of carbonyl (C=O) groups is 2. The van der Waals surface area contributed by atoms with Crippen molar-refractivity contribution in [3.8, 4) is 11.1 Å². The molecule has 0 N–H and O–H groups in total. The summed E-state index contributed by atoms with van der Waals surface area (Å²) >= 11 is 13.1. The van der Waals surface area contributed by atoms with Crippen LogP contribution in [0, 0.1) is 0 Å². The molecular weight excluding hydrogens is 459 g/mol. The van der Waals surface area contributed by atoms with E-state index in [9.17, 15) is 9.59 Å². The molecule has 10 nitrogen and oxygen atoms in total. The molecule has 2 aromatic rings. The molecule has 2 aromatic heterocycles. The van der Waals surface area contributed by atoms with Crippen LogP contribution in [0.25, 0.3) is 11.1 Å². The second-order valence-corrected chi connectivity index (χ2v) is 7.52. The van der Waals surface area contributed by atoms with E-state index in [1.807, 2.05) is 0 Å². The number of carbonyl (C=O) groups excluding carboxylic acids is 2. The van der Waals surface area contributed by atoms with Crippen molar-refractivity contribution in [2.24, 2.45) is 9.98 Å². The second-order valence-electron chi connectivity index (χ2n) is 6.77. The third-order valence-electron chi connectivity index (χ3n) is 3.88. The first-order valence-electron chi connectivity index (χ1n) is 9.07. The van der Waals surface area contributed by atoms with Gasteiger partial charge in [0.05, 0.1) is 36.9 Å². The second kappa shape index (κ2) is 10.9. The topological polar surface area (TPSA) is 110 Å². The number of aromatic nitrogens is 2. The maximum absolute atomic E-state index is 12.4. The summed E-state index contributed by atoms with van der Waals surface area (Å²) in [6.45, 7) is 0. The van der Waals surface area contributed by atoms with E-state index < -0.39 is 11.9 Å². The molecule has 32 heavy (non-hydrogen) atoms. The summed E-state index contributed by atoms with van der Waals surface area (Å²) in [5.74, 6) is -1.35. The number of hydrogen-bond donors (Lipinski definition) is 0. The van der Waals surface area contributed by atoms with Gasteiger partial charge in [0.2, 0.25) is 0 Å². The highest BCUT2D eigenvalue weighted by molar-refractivity contribution is 6.40. The standard InChI is InChI=1S/C20H22Cl2N6O4/c1-27(2)9-25-17-13(19(29)31-5)15(21)11(7-23-17)12-8-24-18(26-10-28(3)4)14(16(12)22)20(30)32-6/h7-10H,1-6H3. The summed E-state index contributed by atoms with van der Waals surface area (Å²) in [5.41, 5.74) is 0.383. The third kappa shape index (κ3) is 5.51. The molecule has 170 valence electrons. The van der Waals surface area contributed by atoms with Gasteiger partial charge in [-0.1, -0.05) is 23.2 Å². The Morgan fingerprint density at radius 3 is 1.44 bits per heavy atom. The Morgan fingerprint density at radius 1 is 0.812 bits per heavy atom. The van der Waals surface area contributed by atoms with E-state index in [0.29, 0.717) is 0 Å². The number of esters is 2. The molecule has 2 rings (SSSR count). The van der Waals surface area contributed by atoms with Crippen LogP contribution in [0.5, 0.6) is 0 Å². The van der Waals surface area contributed by atoms with Crippen LogP contribution in [0.2, 0.25) is 10.0 Å². The summed E-state index contributed by atoms with van der Waals surface area (Å²) in [6, 6.07) is 0. The lowest BCUT2D eigenvalue weighted by Crippen LogP contribution is -2.10. The number of aliphatic imine (C=N–C) groups is 2. The molecule has 0 amide bonds. The van der Waals surface area contributed by atoms with Crippen LogP contribution in [0.4, 0.5) is 11.6 Å². The van der Waals surface area contributed by atoms with Gasteiger partial charge in [0.25, 0.3) is 0 Å². The number of hydrogen-bond acceptors (Lipinski definition) is 8. The lowest BCUT2D eigenvalue weighted by Gasteiger charge is -2.14. The Hall–Kier alpha value is -3.24. The van der Waals surface area contributed by atoms with E-state index in [1.165, 1.54) is 39.3 Å². The normalized spacial score (nSPS) is 11.1. The highest BCUT2D eigenvalue weighted by Gasteiger charge is 2.26. The first-order valence-corrected chi connectivity index (χ1v) is 9.83. The monoisotopic (exact) mass is 480 g/mol. The van der Waals surface area contributed by atoms with Crippen molar-refractivity contribution < 1.29 is 19.1 Å². The van der Waals surface area contributed by atoms with Crippen molar-refractivity contribution in [2.75, 3.05) is 42.4 Å². The van der Waals surface area contributed by atoms with Gasteiger partial charge in [-0.3, -0.25) is 0 Å². The van der Waals surface area contributed by atoms with Gasteiger partial charge in [-0.05, 0) is 0 Å². The van der Waals surface area contributed by atoms with Crippen LogP contribution in [-0.4, -0.2) is 86.8 Å². The van der Waals surface area contributed by atoms with Gasteiger partial charge in [-0.15, -0.1) is 0 Å². The van der Waals surface area contributed by atoms with Crippen molar-refractivity contribution >= 4 is 59.5 Å². The van der Waals surface area contributed by atoms with Crippen molar-refractivity contribution in [3.63, 3.8) is 0 Å². The van der Waals surface area contributed by atoms with E-state index in [2.05, 4.69) is 20.0 Å². The minimum Gasteiger partial charge on any atom is -0.465 e. The van der Waals surface area contributed by atoms with Crippen LogP contribution < -0.4 is 0 Å². The van der Waals surface area contributed by atoms with E-state index in [-0.39, 0.29) is 43.9 Å². The first kappa shape index (κ1) is 25.0. The van der Waals surface area contributed by atoms with Gasteiger partial charge in [0.15, 0.2) is 11.6 Å². The van der Waals surface area contributed by atoms with Gasteiger partial charge in [0.1, 0.15) is 11.1 Å². The molecule has 12 heteroatoms. The maximum Gasteiger partial charge on any atom is 0.343 e. The van der Waals surface area contributed by atoms with E-state index in [1.54, 1.807) is 38.0 Å². The van der Waals surface area contributed by atoms with Crippen LogP contribution in [-0.2, 0) is 9.47 Å². The number of methoxy groups -OCH3 is 2. The minimum atomic E-state index is -0.736. The lowest BCUT2D eigenvalue weighted by atomic mass is 10.0. The Kier molecular flexibility index (Phi) is 8.50. The number of nitrogens with zero attached hydrogens (tertiary/aromatic N) is 6. The zero-order valence-electron chi connectivity index (χ0n) is 18.4. The van der Waals surface area contributed by atoms with Crippen LogP contribution >= 0.6 is 23.2 Å². The summed E-state index contributed by atoms with van der Waals surface area (Å²) in [7, 11) is 9.47. The smallest absolute Gasteiger partial charge is 0.343 e. The first-order chi connectivity index (χ1) is 15.1. The molecule has 0 radical (unpaired) electrons. The van der Waals surface area contributed by atoms with E-state index >= 15 is 0 Å². The molecule has 0 unspecified atom stereocenters. The van der Waals surface area contributed by atoms with E-state index in [4.69, 9.17) is 32.7 Å². The van der Waals surface area contributed by atoms with Gasteiger partial charge >= 0.3 is 11.9 Å². The minimum absolute atomic E-state index is 0.0122. The third-order valence-corrected chi connectivity index (χ3v) is 4.67. The SMILES string of the molecule is COC(=O)c1c(N=CN(C)C)ncc(-c2cnc(N=CN(C)C)c(C(=O)OC)c2Cl)c1Cl. The number of halogens is 2. The van der Waals surface area contributed by atoms with Crippen LogP contribution in [0.1, 0.15) is 20.7 Å². The van der Waals surface area contributed by atoms with E-state index in [0.717, 1.165) is 0 Å². The average molecular weight is 481 g/mol. The Bertz CT molecular complexity index is 1000. The zero-order chi connectivity index (χ0) is 24.0. The van der Waals surface area contributed by atoms with Crippen molar-refractivity contribution in [3.05, 3.63) is 33.6 Å². The Balaban J connectivity index is 2.77. The highest BCUT2D eigenvalue weighted by atomic mass is 35.5.